The first kappa shape index (κ1) is 15.6. The molecule has 2 aromatic rings. The van der Waals surface area contributed by atoms with E-state index in [9.17, 15) is 9.59 Å². The molecule has 0 spiro atoms. The SMILES string of the molecule is O=C(Oc1c(Cl)cccc1Cl)c1cccc(N2CCOC2=O)c1. The number of carbonyl (C=O) groups excluding carboxylic acids is 2. The predicted molar refractivity (Wildman–Crippen MR) is 86.6 cm³/mol. The van der Waals surface area contributed by atoms with Gasteiger partial charge in [-0.3, -0.25) is 4.90 Å². The molecule has 23 heavy (non-hydrogen) atoms. The summed E-state index contributed by atoms with van der Waals surface area (Å²) in [5.41, 5.74) is 0.838. The topological polar surface area (TPSA) is 55.8 Å². The fourth-order valence-electron chi connectivity index (χ4n) is 2.16. The smallest absolute Gasteiger partial charge is 0.414 e. The molecule has 1 aliphatic rings. The fourth-order valence-corrected chi connectivity index (χ4v) is 2.63. The molecule has 3 rings (SSSR count). The van der Waals surface area contributed by atoms with Gasteiger partial charge in [0.1, 0.15) is 6.61 Å². The van der Waals surface area contributed by atoms with Gasteiger partial charge in [0.05, 0.1) is 22.2 Å². The maximum absolute atomic E-state index is 12.3. The van der Waals surface area contributed by atoms with Crippen molar-refractivity contribution in [3.05, 3.63) is 58.1 Å². The Kier molecular flexibility index (Phi) is 4.41. The van der Waals surface area contributed by atoms with Gasteiger partial charge >= 0.3 is 12.1 Å². The summed E-state index contributed by atoms with van der Waals surface area (Å²) in [6.07, 6.45) is -0.440. The van der Waals surface area contributed by atoms with Crippen LogP contribution in [0.1, 0.15) is 10.4 Å². The maximum Gasteiger partial charge on any atom is 0.414 e. The molecule has 0 radical (unpaired) electrons. The maximum atomic E-state index is 12.3. The highest BCUT2D eigenvalue weighted by Crippen LogP contribution is 2.33. The third-order valence-corrected chi connectivity index (χ3v) is 3.86. The second-order valence-electron chi connectivity index (χ2n) is 4.76. The van der Waals surface area contributed by atoms with Crippen LogP contribution in [0.5, 0.6) is 5.75 Å². The van der Waals surface area contributed by atoms with E-state index in [1.54, 1.807) is 42.5 Å². The summed E-state index contributed by atoms with van der Waals surface area (Å²) in [5, 5.41) is 0.482. The van der Waals surface area contributed by atoms with Gasteiger partial charge in [-0.25, -0.2) is 9.59 Å². The Morgan fingerprint density at radius 2 is 1.83 bits per heavy atom. The van der Waals surface area contributed by atoms with Crippen molar-refractivity contribution in [3.63, 3.8) is 0 Å². The fraction of sp³-hybridized carbons (Fsp3) is 0.125. The summed E-state index contributed by atoms with van der Waals surface area (Å²) in [6.45, 7) is 0.760. The summed E-state index contributed by atoms with van der Waals surface area (Å²) in [7, 11) is 0. The largest absolute Gasteiger partial charge is 0.447 e. The lowest BCUT2D eigenvalue weighted by Crippen LogP contribution is -2.23. The lowest BCUT2D eigenvalue weighted by atomic mass is 10.2. The Balaban J connectivity index is 1.84. The molecule has 1 amide bonds. The minimum absolute atomic E-state index is 0.104. The van der Waals surface area contributed by atoms with Crippen LogP contribution in [0.2, 0.25) is 10.0 Å². The van der Waals surface area contributed by atoms with E-state index in [-0.39, 0.29) is 21.4 Å². The number of cyclic esters (lactones) is 1. The number of benzene rings is 2. The van der Waals surface area contributed by atoms with Crippen molar-refractivity contribution >= 4 is 41.0 Å². The van der Waals surface area contributed by atoms with Crippen LogP contribution in [0.4, 0.5) is 10.5 Å². The Morgan fingerprint density at radius 1 is 1.13 bits per heavy atom. The van der Waals surface area contributed by atoms with E-state index in [2.05, 4.69) is 0 Å². The zero-order valence-corrected chi connectivity index (χ0v) is 13.3. The Labute approximate surface area is 142 Å². The number of rotatable bonds is 3. The average Bonchev–Trinajstić information content (AvgIpc) is 2.97. The molecule has 0 bridgehead atoms. The van der Waals surface area contributed by atoms with E-state index < -0.39 is 12.1 Å². The molecule has 1 saturated heterocycles. The number of amides is 1. The van der Waals surface area contributed by atoms with E-state index in [1.807, 2.05) is 0 Å². The summed E-state index contributed by atoms with van der Waals surface area (Å²) in [5.74, 6) is -0.513. The van der Waals surface area contributed by atoms with Crippen LogP contribution in [-0.2, 0) is 4.74 Å². The Hall–Kier alpha value is -2.24. The summed E-state index contributed by atoms with van der Waals surface area (Å²) >= 11 is 12.0. The van der Waals surface area contributed by atoms with E-state index >= 15 is 0 Å². The number of para-hydroxylation sites is 1. The minimum atomic E-state index is -0.616. The predicted octanol–water partition coefficient (Wildman–Crippen LogP) is 4.17. The molecular weight excluding hydrogens is 341 g/mol. The normalized spacial score (nSPS) is 13.8. The third-order valence-electron chi connectivity index (χ3n) is 3.27. The lowest BCUT2D eigenvalue weighted by molar-refractivity contribution is 0.0735. The number of carbonyl (C=O) groups is 2. The summed E-state index contributed by atoms with van der Waals surface area (Å²) in [6, 6.07) is 11.3. The molecule has 0 N–H and O–H groups in total. The van der Waals surface area contributed by atoms with Crippen molar-refractivity contribution in [1.82, 2.24) is 0 Å². The monoisotopic (exact) mass is 351 g/mol. The molecule has 0 unspecified atom stereocenters. The summed E-state index contributed by atoms with van der Waals surface area (Å²) < 4.78 is 10.2. The van der Waals surface area contributed by atoms with E-state index in [1.165, 1.54) is 4.90 Å². The number of nitrogens with zero attached hydrogens (tertiary/aromatic N) is 1. The Morgan fingerprint density at radius 3 is 2.48 bits per heavy atom. The van der Waals surface area contributed by atoms with Gasteiger partial charge in [-0.1, -0.05) is 35.3 Å². The first-order chi connectivity index (χ1) is 11.1. The van der Waals surface area contributed by atoms with Crippen molar-refractivity contribution in [1.29, 1.82) is 0 Å². The molecule has 1 fully saturated rings. The molecule has 1 aliphatic heterocycles. The molecule has 0 aliphatic carbocycles. The van der Waals surface area contributed by atoms with Gasteiger partial charge in [-0.2, -0.15) is 0 Å². The quantitative estimate of drug-likeness (QED) is 0.615. The lowest BCUT2D eigenvalue weighted by Gasteiger charge is -2.14. The van der Waals surface area contributed by atoms with Gasteiger partial charge in [-0.05, 0) is 30.3 Å². The first-order valence-electron chi connectivity index (χ1n) is 6.77. The summed E-state index contributed by atoms with van der Waals surface area (Å²) in [4.78, 5) is 25.3. The van der Waals surface area contributed by atoms with Crippen molar-refractivity contribution in [2.24, 2.45) is 0 Å². The molecule has 7 heteroatoms. The number of halogens is 2. The van der Waals surface area contributed by atoms with Crippen LogP contribution in [0, 0.1) is 0 Å². The number of hydrogen-bond acceptors (Lipinski definition) is 4. The highest BCUT2D eigenvalue weighted by atomic mass is 35.5. The first-order valence-corrected chi connectivity index (χ1v) is 7.52. The molecule has 5 nitrogen and oxygen atoms in total. The third kappa shape index (κ3) is 3.25. The molecule has 1 heterocycles. The molecule has 0 saturated carbocycles. The molecule has 0 atom stereocenters. The van der Waals surface area contributed by atoms with E-state index in [0.29, 0.717) is 18.8 Å². The van der Waals surface area contributed by atoms with Crippen LogP contribution in [0.15, 0.2) is 42.5 Å². The standard InChI is InChI=1S/C16H11Cl2NO4/c17-12-5-2-6-13(18)14(12)23-15(20)10-3-1-4-11(9-10)19-7-8-22-16(19)21/h1-6,9H,7-8H2. The molecule has 118 valence electrons. The highest BCUT2D eigenvalue weighted by Gasteiger charge is 2.24. The second-order valence-corrected chi connectivity index (χ2v) is 5.57. The number of ether oxygens (including phenoxy) is 2. The van der Waals surface area contributed by atoms with E-state index in [0.717, 1.165) is 0 Å². The van der Waals surface area contributed by atoms with Crippen molar-refractivity contribution in [2.45, 2.75) is 0 Å². The van der Waals surface area contributed by atoms with Crippen LogP contribution in [0.3, 0.4) is 0 Å². The highest BCUT2D eigenvalue weighted by molar-refractivity contribution is 6.37. The molecule has 0 aromatic heterocycles. The van der Waals surface area contributed by atoms with Crippen molar-refractivity contribution in [2.75, 3.05) is 18.1 Å². The van der Waals surface area contributed by atoms with Crippen LogP contribution in [-0.4, -0.2) is 25.2 Å². The molecular formula is C16H11Cl2NO4. The van der Waals surface area contributed by atoms with E-state index in [4.69, 9.17) is 32.7 Å². The van der Waals surface area contributed by atoms with Crippen LogP contribution >= 0.6 is 23.2 Å². The van der Waals surface area contributed by atoms with Gasteiger partial charge in [0.2, 0.25) is 0 Å². The number of anilines is 1. The zero-order chi connectivity index (χ0) is 16.4. The zero-order valence-electron chi connectivity index (χ0n) is 11.8. The van der Waals surface area contributed by atoms with Gasteiger partial charge in [0, 0.05) is 5.69 Å². The van der Waals surface area contributed by atoms with Gasteiger partial charge in [0.25, 0.3) is 0 Å². The van der Waals surface area contributed by atoms with Crippen LogP contribution in [0.25, 0.3) is 0 Å². The minimum Gasteiger partial charge on any atom is -0.447 e. The van der Waals surface area contributed by atoms with Gasteiger partial charge in [-0.15, -0.1) is 0 Å². The number of hydrogen-bond donors (Lipinski definition) is 0. The number of esters is 1. The van der Waals surface area contributed by atoms with Crippen molar-refractivity contribution < 1.29 is 19.1 Å². The second kappa shape index (κ2) is 6.48. The van der Waals surface area contributed by atoms with Gasteiger partial charge < -0.3 is 9.47 Å². The Bertz CT molecular complexity index is 758. The van der Waals surface area contributed by atoms with Crippen molar-refractivity contribution in [3.8, 4) is 5.75 Å². The van der Waals surface area contributed by atoms with Crippen LogP contribution < -0.4 is 9.64 Å². The van der Waals surface area contributed by atoms with Gasteiger partial charge in [0.15, 0.2) is 5.75 Å². The average molecular weight is 352 g/mol. The molecule has 2 aromatic carbocycles.